The average molecular weight is 320 g/mol. The molecule has 1 aromatic rings. The Balaban J connectivity index is 2.33. The number of nitrogens with one attached hydrogen (secondary N) is 1. The zero-order valence-corrected chi connectivity index (χ0v) is 14.2. The van der Waals surface area contributed by atoms with Crippen LogP contribution in [0.2, 0.25) is 0 Å². The lowest BCUT2D eigenvalue weighted by Gasteiger charge is -2.24. The van der Waals surface area contributed by atoms with Gasteiger partial charge in [-0.05, 0) is 48.9 Å². The van der Waals surface area contributed by atoms with Crippen LogP contribution in [0.5, 0.6) is 0 Å². The van der Waals surface area contributed by atoms with Crippen LogP contribution >= 0.6 is 12.2 Å². The smallest absolute Gasteiger partial charge is 0.407 e. The van der Waals surface area contributed by atoms with Gasteiger partial charge in [-0.15, -0.1) is 0 Å². The van der Waals surface area contributed by atoms with Crippen molar-refractivity contribution in [1.29, 1.82) is 0 Å². The standard InChI is InChI=1S/C17H24N2O2S/c1-11(2)8-14-10-19(17(20)21)7-6-13-9-15(18-12(3)22)4-5-16(13)14/h4-5,9,11,14H,6-8,10H2,1-3H3,(H,18,22)(H,20,21). The highest BCUT2D eigenvalue weighted by atomic mass is 32.1. The fourth-order valence-electron chi connectivity index (χ4n) is 3.16. The predicted octanol–water partition coefficient (Wildman–Crippen LogP) is 4.11. The largest absolute Gasteiger partial charge is 0.465 e. The molecule has 4 nitrogen and oxygen atoms in total. The molecule has 0 bridgehead atoms. The van der Waals surface area contributed by atoms with E-state index in [2.05, 4.69) is 31.3 Å². The Morgan fingerprint density at radius 2 is 2.23 bits per heavy atom. The molecule has 1 heterocycles. The molecule has 1 amide bonds. The van der Waals surface area contributed by atoms with Gasteiger partial charge >= 0.3 is 6.09 Å². The van der Waals surface area contributed by atoms with Gasteiger partial charge in [0, 0.05) is 24.7 Å². The van der Waals surface area contributed by atoms with E-state index in [1.165, 1.54) is 11.1 Å². The highest BCUT2D eigenvalue weighted by Crippen LogP contribution is 2.32. The van der Waals surface area contributed by atoms with Gasteiger partial charge in [0.05, 0.1) is 4.99 Å². The zero-order chi connectivity index (χ0) is 16.3. The lowest BCUT2D eigenvalue weighted by Crippen LogP contribution is -2.33. The number of anilines is 1. The summed E-state index contributed by atoms with van der Waals surface area (Å²) in [5.41, 5.74) is 3.50. The van der Waals surface area contributed by atoms with Gasteiger partial charge in [0.1, 0.15) is 0 Å². The number of fused-ring (bicyclic) bond motifs is 1. The SMILES string of the molecule is CC(=S)Nc1ccc2c(c1)CCN(C(=O)O)CC2CC(C)C. The van der Waals surface area contributed by atoms with Crippen molar-refractivity contribution in [3.8, 4) is 0 Å². The lowest BCUT2D eigenvalue weighted by atomic mass is 9.87. The van der Waals surface area contributed by atoms with Crippen LogP contribution in [-0.2, 0) is 6.42 Å². The number of amides is 1. The van der Waals surface area contributed by atoms with Crippen LogP contribution in [0.4, 0.5) is 10.5 Å². The number of carbonyl (C=O) groups is 1. The molecule has 1 atom stereocenters. The van der Waals surface area contributed by atoms with E-state index in [0.29, 0.717) is 19.0 Å². The summed E-state index contributed by atoms with van der Waals surface area (Å²) < 4.78 is 0. The third-order valence-electron chi connectivity index (χ3n) is 4.02. The normalized spacial score (nSPS) is 17.8. The van der Waals surface area contributed by atoms with Crippen LogP contribution in [-0.4, -0.2) is 34.2 Å². The first-order valence-corrected chi connectivity index (χ1v) is 8.16. The molecule has 1 aliphatic rings. The van der Waals surface area contributed by atoms with Crippen molar-refractivity contribution in [2.75, 3.05) is 18.4 Å². The Morgan fingerprint density at radius 1 is 1.50 bits per heavy atom. The van der Waals surface area contributed by atoms with Crippen LogP contribution in [0.15, 0.2) is 18.2 Å². The molecule has 5 heteroatoms. The fourth-order valence-corrected chi connectivity index (χ4v) is 3.27. The molecule has 0 aliphatic carbocycles. The second-order valence-corrected chi connectivity index (χ2v) is 7.01. The van der Waals surface area contributed by atoms with Gasteiger partial charge in [0.2, 0.25) is 0 Å². The molecule has 2 N–H and O–H groups in total. The molecule has 0 spiro atoms. The van der Waals surface area contributed by atoms with Crippen LogP contribution in [0.1, 0.15) is 44.2 Å². The number of hydrogen-bond donors (Lipinski definition) is 2. The van der Waals surface area contributed by atoms with Gasteiger partial charge in [-0.2, -0.15) is 0 Å². The molecule has 120 valence electrons. The molecule has 0 aromatic heterocycles. The molecule has 0 radical (unpaired) electrons. The topological polar surface area (TPSA) is 52.6 Å². The highest BCUT2D eigenvalue weighted by molar-refractivity contribution is 7.80. The van der Waals surface area contributed by atoms with Crippen LogP contribution in [0, 0.1) is 5.92 Å². The Bertz CT molecular complexity index is 572. The maximum absolute atomic E-state index is 11.4. The number of hydrogen-bond acceptors (Lipinski definition) is 2. The van der Waals surface area contributed by atoms with Gasteiger partial charge in [-0.25, -0.2) is 4.79 Å². The van der Waals surface area contributed by atoms with Crippen LogP contribution in [0.25, 0.3) is 0 Å². The minimum Gasteiger partial charge on any atom is -0.465 e. The molecule has 0 saturated carbocycles. The zero-order valence-electron chi connectivity index (χ0n) is 13.4. The summed E-state index contributed by atoms with van der Waals surface area (Å²) >= 11 is 5.10. The summed E-state index contributed by atoms with van der Waals surface area (Å²) in [6.45, 7) is 7.35. The van der Waals surface area contributed by atoms with E-state index in [1.54, 1.807) is 4.90 Å². The van der Waals surface area contributed by atoms with Gasteiger partial charge in [0.25, 0.3) is 0 Å². The summed E-state index contributed by atoms with van der Waals surface area (Å²) in [6, 6.07) is 6.29. The first kappa shape index (κ1) is 16.7. The van der Waals surface area contributed by atoms with Gasteiger partial charge in [0.15, 0.2) is 0 Å². The van der Waals surface area contributed by atoms with Crippen molar-refractivity contribution in [2.24, 2.45) is 5.92 Å². The van der Waals surface area contributed by atoms with E-state index in [4.69, 9.17) is 12.2 Å². The molecule has 0 saturated heterocycles. The van der Waals surface area contributed by atoms with Gasteiger partial charge in [-0.3, -0.25) is 0 Å². The van der Waals surface area contributed by atoms with Crippen molar-refractivity contribution < 1.29 is 9.90 Å². The van der Waals surface area contributed by atoms with E-state index in [9.17, 15) is 9.90 Å². The fraction of sp³-hybridized carbons (Fsp3) is 0.529. The number of thiocarbonyl (C=S) groups is 1. The minimum atomic E-state index is -0.824. The van der Waals surface area contributed by atoms with Crippen molar-refractivity contribution in [2.45, 2.75) is 39.5 Å². The molecule has 0 fully saturated rings. The van der Waals surface area contributed by atoms with E-state index >= 15 is 0 Å². The molecule has 22 heavy (non-hydrogen) atoms. The molecule has 2 rings (SSSR count). The predicted molar refractivity (Wildman–Crippen MR) is 93.8 cm³/mol. The summed E-state index contributed by atoms with van der Waals surface area (Å²) in [5, 5.41) is 12.5. The van der Waals surface area contributed by atoms with Crippen molar-refractivity contribution in [3.63, 3.8) is 0 Å². The second-order valence-electron chi connectivity index (χ2n) is 6.40. The lowest BCUT2D eigenvalue weighted by molar-refractivity contribution is 0.142. The molecule has 1 unspecified atom stereocenters. The van der Waals surface area contributed by atoms with Crippen LogP contribution < -0.4 is 5.32 Å². The third-order valence-corrected chi connectivity index (χ3v) is 4.12. The summed E-state index contributed by atoms with van der Waals surface area (Å²) in [4.78, 5) is 13.7. The molecular formula is C17H24N2O2S. The minimum absolute atomic E-state index is 0.260. The quantitative estimate of drug-likeness (QED) is 0.823. The number of carboxylic acid groups (broad SMARTS) is 1. The second kappa shape index (κ2) is 7.09. The summed E-state index contributed by atoms with van der Waals surface area (Å²) in [6.07, 6.45) is 0.924. The molecule has 1 aliphatic heterocycles. The van der Waals surface area contributed by atoms with Crippen molar-refractivity contribution in [1.82, 2.24) is 4.90 Å². The Kier molecular flexibility index (Phi) is 5.40. The number of rotatable bonds is 3. The number of nitrogens with zero attached hydrogens (tertiary/aromatic N) is 1. The first-order chi connectivity index (χ1) is 10.4. The highest BCUT2D eigenvalue weighted by Gasteiger charge is 2.26. The Hall–Kier alpha value is -1.62. The molecule has 1 aromatic carbocycles. The molecular weight excluding hydrogens is 296 g/mol. The monoisotopic (exact) mass is 320 g/mol. The summed E-state index contributed by atoms with van der Waals surface area (Å²) in [7, 11) is 0. The summed E-state index contributed by atoms with van der Waals surface area (Å²) in [5.74, 6) is 0.795. The van der Waals surface area contributed by atoms with Crippen molar-refractivity contribution >= 4 is 29.0 Å². The van der Waals surface area contributed by atoms with Crippen LogP contribution in [0.3, 0.4) is 0 Å². The Morgan fingerprint density at radius 3 is 2.82 bits per heavy atom. The van der Waals surface area contributed by atoms with Gasteiger partial charge < -0.3 is 15.3 Å². The Labute approximate surface area is 137 Å². The van der Waals surface area contributed by atoms with E-state index in [0.717, 1.165) is 23.5 Å². The van der Waals surface area contributed by atoms with E-state index in [-0.39, 0.29) is 5.92 Å². The first-order valence-electron chi connectivity index (χ1n) is 7.75. The number of benzene rings is 1. The van der Waals surface area contributed by atoms with E-state index < -0.39 is 6.09 Å². The average Bonchev–Trinajstić information content (AvgIpc) is 2.57. The maximum Gasteiger partial charge on any atom is 0.407 e. The maximum atomic E-state index is 11.4. The third kappa shape index (κ3) is 4.19. The van der Waals surface area contributed by atoms with Crippen molar-refractivity contribution in [3.05, 3.63) is 29.3 Å². The van der Waals surface area contributed by atoms with E-state index in [1.807, 2.05) is 13.0 Å². The van der Waals surface area contributed by atoms with Gasteiger partial charge in [-0.1, -0.05) is 32.1 Å².